The Labute approximate surface area is 154 Å². The lowest BCUT2D eigenvalue weighted by Gasteiger charge is -2.37. The van der Waals surface area contributed by atoms with Crippen molar-refractivity contribution >= 4 is 67.1 Å². The Morgan fingerprint density at radius 3 is 2.05 bits per heavy atom. The molecule has 0 saturated carbocycles. The van der Waals surface area contributed by atoms with Gasteiger partial charge >= 0.3 is 0 Å². The maximum Gasteiger partial charge on any atom is 0.184 e. The van der Waals surface area contributed by atoms with Crippen LogP contribution in [0.4, 0.5) is 0 Å². The van der Waals surface area contributed by atoms with Crippen LogP contribution < -0.4 is 0 Å². The topological polar surface area (TPSA) is 9.23 Å². The predicted molar refractivity (Wildman–Crippen MR) is 114 cm³/mol. The molecule has 1 aliphatic rings. The van der Waals surface area contributed by atoms with Crippen LogP contribution in [0.1, 0.15) is 19.3 Å². The minimum atomic E-state index is -1.49. The summed E-state index contributed by atoms with van der Waals surface area (Å²) < 4.78 is 7.56. The van der Waals surface area contributed by atoms with Gasteiger partial charge in [-0.25, -0.2) is 0 Å². The Morgan fingerprint density at radius 2 is 1.62 bits per heavy atom. The molecule has 0 aromatic carbocycles. The number of rotatable bonds is 9. The first-order chi connectivity index (χ1) is 9.84. The van der Waals surface area contributed by atoms with Gasteiger partial charge in [0.05, 0.1) is 4.58 Å². The molecule has 0 bridgehead atoms. The monoisotopic (exact) mass is 402 g/mol. The lowest BCUT2D eigenvalue weighted by Crippen LogP contribution is -2.37. The Kier molecular flexibility index (Phi) is 10.0. The minimum Gasteiger partial charge on any atom is -0.415 e. The molecule has 1 rings (SSSR count). The highest BCUT2D eigenvalue weighted by molar-refractivity contribution is 8.33. The first-order valence-corrected chi connectivity index (χ1v) is 16.6. The molecule has 1 saturated heterocycles. The number of hydrogen-bond acceptors (Lipinski definition) is 6. The van der Waals surface area contributed by atoms with Crippen LogP contribution in [-0.2, 0) is 4.43 Å². The Hall–Kier alpha value is 1.93. The molecule has 7 heteroatoms. The molecule has 1 unspecified atom stereocenters. The van der Waals surface area contributed by atoms with Crippen molar-refractivity contribution in [2.75, 3.05) is 30.3 Å². The summed E-state index contributed by atoms with van der Waals surface area (Å²) in [6.07, 6.45) is 10.9. The third kappa shape index (κ3) is 8.03. The van der Waals surface area contributed by atoms with E-state index in [-0.39, 0.29) is 3.41 Å². The molecule has 0 aliphatic carbocycles. The Bertz CT molecular complexity index is 279. The van der Waals surface area contributed by atoms with E-state index in [4.69, 9.17) is 4.43 Å². The molecule has 0 N–H and O–H groups in total. The Morgan fingerprint density at radius 1 is 1.10 bits per heavy atom. The van der Waals surface area contributed by atoms with Crippen molar-refractivity contribution < 1.29 is 4.43 Å². The SMILES string of the molecule is CSC(CC(CC1SCCCS1)O[Si](C)(C)C)(SC)SC. The van der Waals surface area contributed by atoms with Crippen molar-refractivity contribution in [3.05, 3.63) is 0 Å². The zero-order chi connectivity index (χ0) is 15.9. The van der Waals surface area contributed by atoms with Gasteiger partial charge in [0.25, 0.3) is 0 Å². The first kappa shape index (κ1) is 21.0. The van der Waals surface area contributed by atoms with E-state index in [2.05, 4.69) is 61.9 Å². The largest absolute Gasteiger partial charge is 0.415 e. The quantitative estimate of drug-likeness (QED) is 0.347. The van der Waals surface area contributed by atoms with E-state index in [0.717, 1.165) is 11.0 Å². The number of hydrogen-bond donors (Lipinski definition) is 0. The van der Waals surface area contributed by atoms with E-state index < -0.39 is 8.32 Å². The van der Waals surface area contributed by atoms with Crippen molar-refractivity contribution in [1.29, 1.82) is 0 Å². The van der Waals surface area contributed by atoms with Crippen molar-refractivity contribution in [3.8, 4) is 0 Å². The van der Waals surface area contributed by atoms with Crippen molar-refractivity contribution in [3.63, 3.8) is 0 Å². The molecule has 0 spiro atoms. The van der Waals surface area contributed by atoms with Gasteiger partial charge in [0.15, 0.2) is 8.32 Å². The second kappa shape index (κ2) is 10.0. The van der Waals surface area contributed by atoms with E-state index in [1.807, 2.05) is 35.3 Å². The summed E-state index contributed by atoms with van der Waals surface area (Å²) in [7, 11) is -1.49. The van der Waals surface area contributed by atoms with E-state index in [1.165, 1.54) is 24.3 Å². The van der Waals surface area contributed by atoms with E-state index >= 15 is 0 Å². The van der Waals surface area contributed by atoms with Gasteiger partial charge < -0.3 is 4.43 Å². The zero-order valence-electron chi connectivity index (χ0n) is 14.1. The molecule has 0 aromatic rings. The summed E-state index contributed by atoms with van der Waals surface area (Å²) in [5, 5.41) is 0. The summed E-state index contributed by atoms with van der Waals surface area (Å²) in [6, 6.07) is 0. The van der Waals surface area contributed by atoms with Gasteiger partial charge in [-0.3, -0.25) is 0 Å². The molecule has 1 atom stereocenters. The summed E-state index contributed by atoms with van der Waals surface area (Å²) >= 11 is 10.2. The Balaban J connectivity index is 2.70. The third-order valence-corrected chi connectivity index (χ3v) is 12.7. The first-order valence-electron chi connectivity index (χ1n) is 7.40. The highest BCUT2D eigenvalue weighted by atomic mass is 32.3. The normalized spacial score (nSPS) is 19.7. The van der Waals surface area contributed by atoms with Crippen molar-refractivity contribution in [2.45, 2.75) is 53.0 Å². The van der Waals surface area contributed by atoms with E-state index in [1.54, 1.807) is 0 Å². The molecule has 21 heavy (non-hydrogen) atoms. The van der Waals surface area contributed by atoms with Crippen LogP contribution in [0.25, 0.3) is 0 Å². The molecule has 1 fully saturated rings. The summed E-state index contributed by atoms with van der Waals surface area (Å²) in [5.41, 5.74) is 0. The fraction of sp³-hybridized carbons (Fsp3) is 1.00. The van der Waals surface area contributed by atoms with Gasteiger partial charge in [-0.1, -0.05) is 0 Å². The molecule has 0 radical (unpaired) electrons. The fourth-order valence-electron chi connectivity index (χ4n) is 2.34. The average Bonchev–Trinajstić information content (AvgIpc) is 2.44. The van der Waals surface area contributed by atoms with Crippen LogP contribution in [-0.4, -0.2) is 52.7 Å². The number of thioether (sulfide) groups is 5. The van der Waals surface area contributed by atoms with Gasteiger partial charge in [0, 0.05) is 12.5 Å². The average molecular weight is 403 g/mol. The van der Waals surface area contributed by atoms with E-state index in [0.29, 0.717) is 6.10 Å². The smallest absolute Gasteiger partial charge is 0.184 e. The predicted octanol–water partition coefficient (Wildman–Crippen LogP) is 5.93. The molecule has 126 valence electrons. The highest BCUT2D eigenvalue weighted by Gasteiger charge is 2.35. The molecule has 0 aromatic heterocycles. The van der Waals surface area contributed by atoms with Crippen molar-refractivity contribution in [2.24, 2.45) is 0 Å². The van der Waals surface area contributed by atoms with Gasteiger partial charge in [-0.15, -0.1) is 58.8 Å². The standard InChI is InChI=1S/C14H30OS5Si/c1-16-14(17-2,18-3)11-12(15-21(4,5)6)10-13-19-8-7-9-20-13/h12-13H,7-11H2,1-6H3. The van der Waals surface area contributed by atoms with E-state index in [9.17, 15) is 0 Å². The van der Waals surface area contributed by atoms with Crippen LogP contribution in [0.5, 0.6) is 0 Å². The molecule has 1 aliphatic heterocycles. The van der Waals surface area contributed by atoms with Gasteiger partial charge in [-0.05, 0) is 62.8 Å². The molecular weight excluding hydrogens is 373 g/mol. The molecule has 1 nitrogen and oxygen atoms in total. The summed E-state index contributed by atoms with van der Waals surface area (Å²) in [4.78, 5) is 0. The van der Waals surface area contributed by atoms with Gasteiger partial charge in [0.2, 0.25) is 0 Å². The van der Waals surface area contributed by atoms with Crippen LogP contribution in [0.3, 0.4) is 0 Å². The van der Waals surface area contributed by atoms with Gasteiger partial charge in [0.1, 0.15) is 3.41 Å². The maximum atomic E-state index is 6.57. The zero-order valence-corrected chi connectivity index (χ0v) is 19.2. The molecular formula is C14H30OS5Si. The van der Waals surface area contributed by atoms with Crippen molar-refractivity contribution in [1.82, 2.24) is 0 Å². The molecule has 1 heterocycles. The van der Waals surface area contributed by atoms with Crippen LogP contribution >= 0.6 is 58.8 Å². The van der Waals surface area contributed by atoms with Crippen LogP contribution in [0.15, 0.2) is 0 Å². The fourth-order valence-corrected chi connectivity index (χ4v) is 9.57. The van der Waals surface area contributed by atoms with Crippen LogP contribution in [0.2, 0.25) is 19.6 Å². The molecule has 0 amide bonds. The van der Waals surface area contributed by atoms with Gasteiger partial charge in [-0.2, -0.15) is 0 Å². The van der Waals surface area contributed by atoms with Crippen LogP contribution in [0, 0.1) is 0 Å². The summed E-state index contributed by atoms with van der Waals surface area (Å²) in [5.74, 6) is 2.66. The second-order valence-corrected chi connectivity index (χ2v) is 17.6. The summed E-state index contributed by atoms with van der Waals surface area (Å²) in [6.45, 7) is 6.96. The highest BCUT2D eigenvalue weighted by Crippen LogP contribution is 2.48. The maximum absolute atomic E-state index is 6.57. The second-order valence-electron chi connectivity index (χ2n) is 6.11. The third-order valence-electron chi connectivity index (χ3n) is 3.28. The lowest BCUT2D eigenvalue weighted by molar-refractivity contribution is 0.181. The lowest BCUT2D eigenvalue weighted by atomic mass is 10.2. The minimum absolute atomic E-state index is 0.244.